The summed E-state index contributed by atoms with van der Waals surface area (Å²) in [6, 6.07) is 0. The first-order valence-corrected chi connectivity index (χ1v) is 5.39. The van der Waals surface area contributed by atoms with Gasteiger partial charge in [-0.25, -0.2) is 19.7 Å². The van der Waals surface area contributed by atoms with Gasteiger partial charge in [0.1, 0.15) is 18.0 Å². The molecule has 1 unspecified atom stereocenters. The van der Waals surface area contributed by atoms with Crippen LogP contribution in [0.15, 0.2) is 18.9 Å². The van der Waals surface area contributed by atoms with Crippen LogP contribution < -0.4 is 0 Å². The van der Waals surface area contributed by atoms with Crippen LogP contribution in [0.3, 0.4) is 0 Å². The predicted octanol–water partition coefficient (Wildman–Crippen LogP) is 1.10. The molecule has 17 heavy (non-hydrogen) atoms. The standard InChI is InChI=1S/C10H11N5O2/c16-10(17)14-3-1-2-8(14)15-6-13-7-4-11-5-12-9(7)15/h4-6,8H,1-3H2,(H,16,17). The van der Waals surface area contributed by atoms with Crippen molar-refractivity contribution >= 4 is 17.3 Å². The lowest BCUT2D eigenvalue weighted by molar-refractivity contribution is 0.125. The maximum Gasteiger partial charge on any atom is 0.408 e. The molecule has 3 rings (SSSR count). The number of nitrogens with zero attached hydrogens (tertiary/aromatic N) is 5. The fraction of sp³-hybridized carbons (Fsp3) is 0.400. The Morgan fingerprint density at radius 2 is 2.35 bits per heavy atom. The number of likely N-dealkylation sites (tertiary alicyclic amines) is 1. The topological polar surface area (TPSA) is 84.1 Å². The summed E-state index contributed by atoms with van der Waals surface area (Å²) in [5.41, 5.74) is 1.36. The summed E-state index contributed by atoms with van der Waals surface area (Å²) in [4.78, 5) is 24.7. The van der Waals surface area contributed by atoms with E-state index in [1.54, 1.807) is 17.1 Å². The molecule has 0 spiro atoms. The molecule has 1 aliphatic rings. The summed E-state index contributed by atoms with van der Waals surface area (Å²) < 4.78 is 1.80. The van der Waals surface area contributed by atoms with Crippen LogP contribution in [0.1, 0.15) is 19.0 Å². The van der Waals surface area contributed by atoms with Crippen LogP contribution >= 0.6 is 0 Å². The molecule has 2 aromatic rings. The van der Waals surface area contributed by atoms with Crippen molar-refractivity contribution in [3.8, 4) is 0 Å². The Kier molecular flexibility index (Phi) is 2.17. The number of fused-ring (bicyclic) bond motifs is 1. The van der Waals surface area contributed by atoms with E-state index in [2.05, 4.69) is 15.0 Å². The Morgan fingerprint density at radius 1 is 1.47 bits per heavy atom. The fourth-order valence-electron chi connectivity index (χ4n) is 2.26. The van der Waals surface area contributed by atoms with E-state index in [0.717, 1.165) is 12.8 Å². The lowest BCUT2D eigenvalue weighted by Crippen LogP contribution is -2.31. The molecule has 1 aliphatic heterocycles. The molecule has 1 amide bonds. The molecule has 0 bridgehead atoms. The average Bonchev–Trinajstić information content (AvgIpc) is 2.94. The molecule has 1 fully saturated rings. The Balaban J connectivity index is 2.06. The van der Waals surface area contributed by atoms with Crippen molar-refractivity contribution in [1.29, 1.82) is 0 Å². The van der Waals surface area contributed by atoms with E-state index in [-0.39, 0.29) is 6.17 Å². The summed E-state index contributed by atoms with van der Waals surface area (Å²) in [5, 5.41) is 9.11. The Bertz CT molecular complexity index is 567. The van der Waals surface area contributed by atoms with E-state index in [4.69, 9.17) is 5.11 Å². The molecule has 1 N–H and O–H groups in total. The third-order valence-corrected chi connectivity index (χ3v) is 3.03. The number of hydrogen-bond acceptors (Lipinski definition) is 4. The highest BCUT2D eigenvalue weighted by Gasteiger charge is 2.30. The van der Waals surface area contributed by atoms with E-state index in [9.17, 15) is 4.79 Å². The minimum atomic E-state index is -0.900. The van der Waals surface area contributed by atoms with Crippen LogP contribution in [0.4, 0.5) is 4.79 Å². The largest absolute Gasteiger partial charge is 0.465 e. The summed E-state index contributed by atoms with van der Waals surface area (Å²) in [7, 11) is 0. The van der Waals surface area contributed by atoms with Crippen molar-refractivity contribution in [3.63, 3.8) is 0 Å². The first-order chi connectivity index (χ1) is 8.27. The smallest absolute Gasteiger partial charge is 0.408 e. The van der Waals surface area contributed by atoms with Gasteiger partial charge in [0.25, 0.3) is 0 Å². The number of carbonyl (C=O) groups is 1. The van der Waals surface area contributed by atoms with Gasteiger partial charge >= 0.3 is 6.09 Å². The number of rotatable bonds is 1. The first-order valence-electron chi connectivity index (χ1n) is 5.39. The second-order valence-electron chi connectivity index (χ2n) is 3.98. The van der Waals surface area contributed by atoms with E-state index < -0.39 is 6.09 Å². The summed E-state index contributed by atoms with van der Waals surface area (Å²) >= 11 is 0. The van der Waals surface area contributed by atoms with Gasteiger partial charge in [-0.3, -0.25) is 9.47 Å². The molecule has 7 nitrogen and oxygen atoms in total. The van der Waals surface area contributed by atoms with Crippen LogP contribution in [-0.2, 0) is 0 Å². The average molecular weight is 233 g/mol. The highest BCUT2D eigenvalue weighted by molar-refractivity contribution is 5.70. The molecule has 2 aromatic heterocycles. The second-order valence-corrected chi connectivity index (χ2v) is 3.98. The lowest BCUT2D eigenvalue weighted by Gasteiger charge is -2.22. The van der Waals surface area contributed by atoms with Crippen LogP contribution in [0.25, 0.3) is 11.2 Å². The van der Waals surface area contributed by atoms with Gasteiger partial charge in [-0.05, 0) is 12.8 Å². The molecule has 1 saturated heterocycles. The number of imidazole rings is 1. The van der Waals surface area contributed by atoms with Crippen molar-refractivity contribution in [2.45, 2.75) is 19.0 Å². The maximum absolute atomic E-state index is 11.1. The molecule has 3 heterocycles. The van der Waals surface area contributed by atoms with Crippen LogP contribution in [0.5, 0.6) is 0 Å². The zero-order valence-corrected chi connectivity index (χ0v) is 9.02. The van der Waals surface area contributed by atoms with E-state index in [1.807, 2.05) is 0 Å². The third-order valence-electron chi connectivity index (χ3n) is 3.03. The molecule has 1 atom stereocenters. The van der Waals surface area contributed by atoms with Gasteiger partial charge in [0, 0.05) is 6.54 Å². The van der Waals surface area contributed by atoms with Crippen molar-refractivity contribution in [2.75, 3.05) is 6.54 Å². The first kappa shape index (κ1) is 10.0. The Labute approximate surface area is 96.7 Å². The molecule has 0 aromatic carbocycles. The van der Waals surface area contributed by atoms with Crippen LogP contribution in [-0.4, -0.2) is 42.2 Å². The van der Waals surface area contributed by atoms with Crippen molar-refractivity contribution in [1.82, 2.24) is 24.4 Å². The van der Waals surface area contributed by atoms with Crippen molar-refractivity contribution in [2.24, 2.45) is 0 Å². The summed E-state index contributed by atoms with van der Waals surface area (Å²) in [5.74, 6) is 0. The van der Waals surface area contributed by atoms with E-state index in [0.29, 0.717) is 17.7 Å². The quantitative estimate of drug-likeness (QED) is 0.797. The number of amides is 1. The van der Waals surface area contributed by atoms with Crippen LogP contribution in [0.2, 0.25) is 0 Å². The SMILES string of the molecule is O=C(O)N1CCCC1n1cnc2cncnc21. The molecular formula is C10H11N5O2. The zero-order valence-electron chi connectivity index (χ0n) is 9.02. The van der Waals surface area contributed by atoms with Gasteiger partial charge in [0.2, 0.25) is 0 Å². The monoisotopic (exact) mass is 233 g/mol. The summed E-state index contributed by atoms with van der Waals surface area (Å²) in [6.45, 7) is 0.560. The van der Waals surface area contributed by atoms with Crippen molar-refractivity contribution < 1.29 is 9.90 Å². The lowest BCUT2D eigenvalue weighted by atomic mass is 10.3. The van der Waals surface area contributed by atoms with Gasteiger partial charge in [-0.15, -0.1) is 0 Å². The second kappa shape index (κ2) is 3.69. The predicted molar refractivity (Wildman–Crippen MR) is 58.3 cm³/mol. The minimum Gasteiger partial charge on any atom is -0.465 e. The molecule has 7 heteroatoms. The van der Waals surface area contributed by atoms with E-state index in [1.165, 1.54) is 11.2 Å². The van der Waals surface area contributed by atoms with Gasteiger partial charge in [0.15, 0.2) is 5.65 Å². The number of carboxylic acid groups (broad SMARTS) is 1. The normalized spacial score (nSPS) is 20.0. The molecular weight excluding hydrogens is 222 g/mol. The maximum atomic E-state index is 11.1. The molecule has 0 radical (unpaired) electrons. The van der Waals surface area contributed by atoms with E-state index >= 15 is 0 Å². The van der Waals surface area contributed by atoms with Gasteiger partial charge in [0.05, 0.1) is 12.5 Å². The Hall–Kier alpha value is -2.18. The Morgan fingerprint density at radius 3 is 3.18 bits per heavy atom. The summed E-state index contributed by atoms with van der Waals surface area (Å²) in [6.07, 6.45) is 5.25. The molecule has 0 saturated carbocycles. The highest BCUT2D eigenvalue weighted by atomic mass is 16.4. The molecule has 88 valence electrons. The highest BCUT2D eigenvalue weighted by Crippen LogP contribution is 2.28. The van der Waals surface area contributed by atoms with Gasteiger partial charge in [-0.1, -0.05) is 0 Å². The number of aromatic nitrogens is 4. The fourth-order valence-corrected chi connectivity index (χ4v) is 2.26. The number of hydrogen-bond donors (Lipinski definition) is 1. The van der Waals surface area contributed by atoms with Crippen LogP contribution in [0, 0.1) is 0 Å². The zero-order chi connectivity index (χ0) is 11.8. The van der Waals surface area contributed by atoms with Gasteiger partial charge < -0.3 is 5.11 Å². The minimum absolute atomic E-state index is 0.201. The molecule has 0 aliphatic carbocycles. The third kappa shape index (κ3) is 1.50. The van der Waals surface area contributed by atoms with Crippen molar-refractivity contribution in [3.05, 3.63) is 18.9 Å². The van der Waals surface area contributed by atoms with Gasteiger partial charge in [-0.2, -0.15) is 0 Å².